The number of hydrogen-bond donors (Lipinski definition) is 1. The molecule has 2 aromatic rings. The van der Waals surface area contributed by atoms with Crippen molar-refractivity contribution >= 4 is 11.9 Å². The maximum absolute atomic E-state index is 13.0. The number of carbonyl (C=O) groups excluding carboxylic acids is 1. The highest BCUT2D eigenvalue weighted by Gasteiger charge is 2.25. The van der Waals surface area contributed by atoms with Crippen molar-refractivity contribution in [3.05, 3.63) is 58.7 Å². The quantitative estimate of drug-likeness (QED) is 0.829. The minimum atomic E-state index is -0.951. The topological polar surface area (TPSA) is 76.1 Å². The molecule has 2 aromatic carbocycles. The van der Waals surface area contributed by atoms with Crippen LogP contribution in [0, 0.1) is 5.92 Å². The Morgan fingerprint density at radius 1 is 1.07 bits per heavy atom. The van der Waals surface area contributed by atoms with Gasteiger partial charge in [0.15, 0.2) is 11.5 Å². The fraction of sp³-hybridized carbons (Fsp3) is 0.364. The number of methoxy groups -OCH3 is 2. The van der Waals surface area contributed by atoms with Gasteiger partial charge in [-0.15, -0.1) is 0 Å². The fourth-order valence-electron chi connectivity index (χ4n) is 3.64. The Morgan fingerprint density at radius 3 is 2.50 bits per heavy atom. The second-order valence-electron chi connectivity index (χ2n) is 7.09. The number of carbonyl (C=O) groups is 2. The molecule has 1 N–H and O–H groups in total. The molecule has 0 aliphatic carbocycles. The van der Waals surface area contributed by atoms with Crippen LogP contribution in [0.25, 0.3) is 0 Å². The lowest BCUT2D eigenvalue weighted by atomic mass is 9.94. The molecule has 0 fully saturated rings. The molecule has 28 heavy (non-hydrogen) atoms. The van der Waals surface area contributed by atoms with Gasteiger partial charge >= 0.3 is 5.97 Å². The molecular weight excluding hydrogens is 358 g/mol. The van der Waals surface area contributed by atoms with Crippen LogP contribution in [0.2, 0.25) is 0 Å². The van der Waals surface area contributed by atoms with Crippen LogP contribution in [-0.4, -0.2) is 42.6 Å². The van der Waals surface area contributed by atoms with Crippen molar-refractivity contribution in [1.29, 1.82) is 0 Å². The molecule has 0 radical (unpaired) electrons. The number of fused-ring (bicyclic) bond motifs is 1. The molecule has 0 bridgehead atoms. The zero-order valence-electron chi connectivity index (χ0n) is 16.4. The molecule has 0 aromatic heterocycles. The first kappa shape index (κ1) is 19.7. The minimum absolute atomic E-state index is 0.0705. The summed E-state index contributed by atoms with van der Waals surface area (Å²) in [6, 6.07) is 10.8. The highest BCUT2D eigenvalue weighted by atomic mass is 16.5. The Hall–Kier alpha value is -3.02. The van der Waals surface area contributed by atoms with Crippen LogP contribution in [0.5, 0.6) is 11.5 Å². The summed E-state index contributed by atoms with van der Waals surface area (Å²) in [4.78, 5) is 26.0. The van der Waals surface area contributed by atoms with Gasteiger partial charge in [0, 0.05) is 19.0 Å². The van der Waals surface area contributed by atoms with Crippen molar-refractivity contribution in [3.8, 4) is 11.5 Å². The summed E-state index contributed by atoms with van der Waals surface area (Å²) in [6.45, 7) is 3.02. The highest BCUT2D eigenvalue weighted by Crippen LogP contribution is 2.29. The summed E-state index contributed by atoms with van der Waals surface area (Å²) < 4.78 is 10.6. The van der Waals surface area contributed by atoms with Crippen molar-refractivity contribution < 1.29 is 24.2 Å². The summed E-state index contributed by atoms with van der Waals surface area (Å²) in [5.41, 5.74) is 3.29. The Morgan fingerprint density at radius 2 is 1.82 bits per heavy atom. The first-order chi connectivity index (χ1) is 13.4. The second-order valence-corrected chi connectivity index (χ2v) is 7.09. The van der Waals surface area contributed by atoms with Crippen LogP contribution in [0.4, 0.5) is 0 Å². The lowest BCUT2D eigenvalue weighted by Crippen LogP contribution is -2.39. The predicted octanol–water partition coefficient (Wildman–Crippen LogP) is 3.17. The van der Waals surface area contributed by atoms with E-state index in [2.05, 4.69) is 0 Å². The van der Waals surface area contributed by atoms with Gasteiger partial charge in [0.25, 0.3) is 0 Å². The van der Waals surface area contributed by atoms with E-state index in [4.69, 9.17) is 9.47 Å². The smallest absolute Gasteiger partial charge is 0.335 e. The van der Waals surface area contributed by atoms with E-state index in [1.165, 1.54) is 0 Å². The normalized spacial score (nSPS) is 14.2. The molecule has 1 heterocycles. The number of ether oxygens (including phenoxy) is 2. The first-order valence-corrected chi connectivity index (χ1v) is 9.27. The molecule has 1 aliphatic heterocycles. The van der Waals surface area contributed by atoms with E-state index in [0.717, 1.165) is 23.1 Å². The third kappa shape index (κ3) is 4.11. The SMILES string of the molecule is COc1ccc(CC(C)C(=O)N2CCc3ccc(C(=O)O)cc3C2)cc1OC. The van der Waals surface area contributed by atoms with Gasteiger partial charge < -0.3 is 19.5 Å². The second kappa shape index (κ2) is 8.33. The third-order valence-electron chi connectivity index (χ3n) is 5.19. The summed E-state index contributed by atoms with van der Waals surface area (Å²) in [5.74, 6) is 0.233. The standard InChI is InChI=1S/C22H25NO5/c1-14(10-15-4-7-19(27-2)20(11-15)28-3)21(24)23-9-8-16-5-6-17(22(25)26)12-18(16)13-23/h4-7,11-12,14H,8-10,13H2,1-3H3,(H,25,26). The van der Waals surface area contributed by atoms with Gasteiger partial charge in [0.1, 0.15) is 0 Å². The van der Waals surface area contributed by atoms with E-state index in [1.54, 1.807) is 26.4 Å². The van der Waals surface area contributed by atoms with Gasteiger partial charge in [-0.1, -0.05) is 19.1 Å². The maximum atomic E-state index is 13.0. The van der Waals surface area contributed by atoms with E-state index < -0.39 is 5.97 Å². The largest absolute Gasteiger partial charge is 0.493 e. The number of hydrogen-bond acceptors (Lipinski definition) is 4. The minimum Gasteiger partial charge on any atom is -0.493 e. The zero-order valence-corrected chi connectivity index (χ0v) is 16.4. The van der Waals surface area contributed by atoms with E-state index in [1.807, 2.05) is 36.1 Å². The lowest BCUT2D eigenvalue weighted by molar-refractivity contribution is -0.135. The molecule has 1 amide bonds. The van der Waals surface area contributed by atoms with Crippen molar-refractivity contribution in [2.45, 2.75) is 26.3 Å². The Bertz CT molecular complexity index is 892. The average Bonchev–Trinajstić information content (AvgIpc) is 2.72. The Labute approximate surface area is 164 Å². The highest BCUT2D eigenvalue weighted by molar-refractivity contribution is 5.88. The number of nitrogens with zero attached hydrogens (tertiary/aromatic N) is 1. The van der Waals surface area contributed by atoms with Crippen molar-refractivity contribution in [2.75, 3.05) is 20.8 Å². The molecule has 0 spiro atoms. The summed E-state index contributed by atoms with van der Waals surface area (Å²) in [5, 5.41) is 9.19. The van der Waals surface area contributed by atoms with Crippen molar-refractivity contribution in [2.24, 2.45) is 5.92 Å². The predicted molar refractivity (Wildman–Crippen MR) is 105 cm³/mol. The molecule has 0 saturated carbocycles. The number of carboxylic acid groups (broad SMARTS) is 1. The molecule has 148 valence electrons. The number of aromatic carboxylic acids is 1. The molecule has 1 aliphatic rings. The zero-order chi connectivity index (χ0) is 20.3. The number of rotatable bonds is 6. The van der Waals surface area contributed by atoms with E-state index in [-0.39, 0.29) is 17.4 Å². The third-order valence-corrected chi connectivity index (χ3v) is 5.19. The van der Waals surface area contributed by atoms with Crippen molar-refractivity contribution in [3.63, 3.8) is 0 Å². The van der Waals surface area contributed by atoms with Crippen LogP contribution in [0.1, 0.15) is 34.0 Å². The average molecular weight is 383 g/mol. The van der Waals surface area contributed by atoms with Crippen LogP contribution in [0.15, 0.2) is 36.4 Å². The van der Waals surface area contributed by atoms with E-state index >= 15 is 0 Å². The van der Waals surface area contributed by atoms with Gasteiger partial charge in [-0.3, -0.25) is 4.79 Å². The molecule has 6 nitrogen and oxygen atoms in total. The maximum Gasteiger partial charge on any atom is 0.335 e. The molecule has 1 unspecified atom stereocenters. The Kier molecular flexibility index (Phi) is 5.87. The lowest BCUT2D eigenvalue weighted by Gasteiger charge is -2.31. The number of amides is 1. The van der Waals surface area contributed by atoms with Gasteiger partial charge in [-0.2, -0.15) is 0 Å². The number of benzene rings is 2. The van der Waals surface area contributed by atoms with Crippen LogP contribution in [-0.2, 0) is 24.2 Å². The molecule has 0 saturated heterocycles. The van der Waals surface area contributed by atoms with Crippen LogP contribution < -0.4 is 9.47 Å². The van der Waals surface area contributed by atoms with E-state index in [9.17, 15) is 14.7 Å². The monoisotopic (exact) mass is 383 g/mol. The van der Waals surface area contributed by atoms with Gasteiger partial charge in [0.05, 0.1) is 19.8 Å². The van der Waals surface area contributed by atoms with E-state index in [0.29, 0.717) is 31.0 Å². The van der Waals surface area contributed by atoms with Crippen LogP contribution >= 0.6 is 0 Å². The summed E-state index contributed by atoms with van der Waals surface area (Å²) >= 11 is 0. The summed E-state index contributed by atoms with van der Waals surface area (Å²) in [7, 11) is 3.18. The van der Waals surface area contributed by atoms with Gasteiger partial charge in [0.2, 0.25) is 5.91 Å². The molecular formula is C22H25NO5. The molecule has 1 atom stereocenters. The van der Waals surface area contributed by atoms with Crippen LogP contribution in [0.3, 0.4) is 0 Å². The Balaban J connectivity index is 1.70. The first-order valence-electron chi connectivity index (χ1n) is 9.27. The van der Waals surface area contributed by atoms with Gasteiger partial charge in [-0.05, 0) is 53.8 Å². The summed E-state index contributed by atoms with van der Waals surface area (Å²) in [6.07, 6.45) is 1.34. The fourth-order valence-corrected chi connectivity index (χ4v) is 3.64. The molecule has 6 heteroatoms. The van der Waals surface area contributed by atoms with Crippen molar-refractivity contribution in [1.82, 2.24) is 4.90 Å². The van der Waals surface area contributed by atoms with Gasteiger partial charge in [-0.25, -0.2) is 4.79 Å². The number of carboxylic acids is 1. The molecule has 3 rings (SSSR count).